The van der Waals surface area contributed by atoms with Gasteiger partial charge < -0.3 is 10.2 Å². The van der Waals surface area contributed by atoms with Crippen molar-refractivity contribution in [2.24, 2.45) is 12.0 Å². The van der Waals surface area contributed by atoms with Crippen LogP contribution in [0.4, 0.5) is 0 Å². The maximum absolute atomic E-state index is 13.0. The Morgan fingerprint density at radius 1 is 1.25 bits per heavy atom. The van der Waals surface area contributed by atoms with E-state index in [4.69, 9.17) is 0 Å². The van der Waals surface area contributed by atoms with Crippen molar-refractivity contribution >= 4 is 39.8 Å². The quantitative estimate of drug-likeness (QED) is 0.292. The molecule has 1 aromatic carbocycles. The van der Waals surface area contributed by atoms with E-state index in [-0.39, 0.29) is 35.8 Å². The number of hydrogen-bond donors (Lipinski definition) is 1. The zero-order valence-corrected chi connectivity index (χ0v) is 23.7. The van der Waals surface area contributed by atoms with Gasteiger partial charge in [-0.05, 0) is 49.4 Å². The molecule has 1 aromatic heterocycles. The molecule has 9 heteroatoms. The Labute approximate surface area is 210 Å². The van der Waals surface area contributed by atoms with Crippen LogP contribution >= 0.6 is 24.0 Å². The average molecular weight is 576 g/mol. The molecule has 1 unspecified atom stereocenters. The van der Waals surface area contributed by atoms with Crippen molar-refractivity contribution in [2.45, 2.75) is 64.4 Å². The van der Waals surface area contributed by atoms with Gasteiger partial charge in [0.25, 0.3) is 0 Å². The Bertz CT molecular complexity index is 1030. The summed E-state index contributed by atoms with van der Waals surface area (Å²) in [7, 11) is 2.18. The number of aromatic nitrogens is 2. The number of nitrogens with one attached hydrogen (secondary N) is 1. The van der Waals surface area contributed by atoms with Crippen molar-refractivity contribution in [1.82, 2.24) is 20.0 Å². The van der Waals surface area contributed by atoms with Crippen molar-refractivity contribution in [3.8, 4) is 0 Å². The molecule has 7 nitrogen and oxygen atoms in total. The van der Waals surface area contributed by atoms with Crippen LogP contribution < -0.4 is 5.32 Å². The lowest BCUT2D eigenvalue weighted by Crippen LogP contribution is -2.46. The molecule has 2 aromatic rings. The van der Waals surface area contributed by atoms with Gasteiger partial charge in [0.15, 0.2) is 15.8 Å². The van der Waals surface area contributed by atoms with E-state index in [9.17, 15) is 8.42 Å². The maximum atomic E-state index is 13.0. The lowest BCUT2D eigenvalue weighted by atomic mass is 10.1. The molecule has 0 aliphatic heterocycles. The fraction of sp³-hybridized carbons (Fsp3) is 0.565. The summed E-state index contributed by atoms with van der Waals surface area (Å²) >= 11 is 0. The van der Waals surface area contributed by atoms with Crippen LogP contribution in [0.5, 0.6) is 0 Å². The number of sulfone groups is 1. The van der Waals surface area contributed by atoms with E-state index in [0.717, 1.165) is 22.4 Å². The molecule has 0 saturated heterocycles. The minimum Gasteiger partial charge on any atom is -0.352 e. The standard InChI is InChI=1S/C23H37N5O2S.HI/c1-9-20(15-31(29,30)21-11-10-17(4)18(5)12-21)25-23(24-6)27(7)13-19-14-28(8)26-22(19)16(2)3;/h10-12,14,16,20H,9,13,15H2,1-8H3,(H,24,25);1H. The first-order valence-corrected chi connectivity index (χ1v) is 12.4. The van der Waals surface area contributed by atoms with E-state index in [1.54, 1.807) is 19.2 Å². The highest BCUT2D eigenvalue weighted by Crippen LogP contribution is 2.19. The van der Waals surface area contributed by atoms with Gasteiger partial charge in [0.1, 0.15) is 0 Å². The predicted octanol–water partition coefficient (Wildman–Crippen LogP) is 4.04. The zero-order chi connectivity index (χ0) is 23.3. The van der Waals surface area contributed by atoms with Crippen LogP contribution in [0.1, 0.15) is 55.5 Å². The molecule has 32 heavy (non-hydrogen) atoms. The smallest absolute Gasteiger partial charge is 0.193 e. The van der Waals surface area contributed by atoms with E-state index in [1.807, 2.05) is 56.7 Å². The number of nitrogens with zero attached hydrogens (tertiary/aromatic N) is 4. The lowest BCUT2D eigenvalue weighted by molar-refractivity contribution is 0.457. The van der Waals surface area contributed by atoms with Gasteiger partial charge >= 0.3 is 0 Å². The number of halogens is 1. The van der Waals surface area contributed by atoms with Crippen LogP contribution in [-0.4, -0.2) is 54.9 Å². The number of rotatable bonds is 8. The van der Waals surface area contributed by atoms with Crippen molar-refractivity contribution in [3.05, 3.63) is 46.8 Å². The zero-order valence-electron chi connectivity index (χ0n) is 20.5. The first kappa shape index (κ1) is 28.4. The molecule has 1 heterocycles. The number of benzene rings is 1. The summed E-state index contributed by atoms with van der Waals surface area (Å²) in [6.45, 7) is 10.8. The molecule has 0 aliphatic carbocycles. The van der Waals surface area contributed by atoms with Crippen molar-refractivity contribution < 1.29 is 8.42 Å². The molecular weight excluding hydrogens is 537 g/mol. The summed E-state index contributed by atoms with van der Waals surface area (Å²) < 4.78 is 27.9. The van der Waals surface area contributed by atoms with Gasteiger partial charge in [-0.3, -0.25) is 9.67 Å². The Balaban J connectivity index is 0.00000512. The first-order valence-electron chi connectivity index (χ1n) is 10.7. The fourth-order valence-electron chi connectivity index (χ4n) is 3.55. The van der Waals surface area contributed by atoms with E-state index < -0.39 is 9.84 Å². The van der Waals surface area contributed by atoms with Crippen LogP contribution in [0.15, 0.2) is 34.3 Å². The van der Waals surface area contributed by atoms with Crippen LogP contribution in [-0.2, 0) is 23.4 Å². The SMILES string of the molecule is CCC(CS(=O)(=O)c1ccc(C)c(C)c1)NC(=NC)N(C)Cc1cn(C)nc1C(C)C.I. The van der Waals surface area contributed by atoms with E-state index in [2.05, 4.69) is 29.3 Å². The number of aliphatic imine (C=N–C) groups is 1. The largest absolute Gasteiger partial charge is 0.352 e. The van der Waals surface area contributed by atoms with Gasteiger partial charge in [0.2, 0.25) is 0 Å². The number of hydrogen-bond acceptors (Lipinski definition) is 4. The normalized spacial score (nSPS) is 13.1. The Morgan fingerprint density at radius 2 is 1.91 bits per heavy atom. The summed E-state index contributed by atoms with van der Waals surface area (Å²) in [5, 5.41) is 7.92. The van der Waals surface area contributed by atoms with Gasteiger partial charge in [-0.25, -0.2) is 8.42 Å². The van der Waals surface area contributed by atoms with Crippen molar-refractivity contribution in [3.63, 3.8) is 0 Å². The average Bonchev–Trinajstić information content (AvgIpc) is 3.07. The van der Waals surface area contributed by atoms with Crippen LogP contribution in [0.3, 0.4) is 0 Å². The second kappa shape index (κ2) is 12.0. The Morgan fingerprint density at radius 3 is 2.44 bits per heavy atom. The summed E-state index contributed by atoms with van der Waals surface area (Å²) in [6, 6.07) is 5.07. The second-order valence-corrected chi connectivity index (χ2v) is 10.6. The molecule has 2 rings (SSSR count). The topological polar surface area (TPSA) is 79.6 Å². The third-order valence-corrected chi connectivity index (χ3v) is 7.36. The van der Waals surface area contributed by atoms with Crippen LogP contribution in [0, 0.1) is 13.8 Å². The summed E-state index contributed by atoms with van der Waals surface area (Å²) in [6.07, 6.45) is 2.70. The molecule has 0 fully saturated rings. The monoisotopic (exact) mass is 575 g/mol. The summed E-state index contributed by atoms with van der Waals surface area (Å²) in [4.78, 5) is 6.77. The summed E-state index contributed by atoms with van der Waals surface area (Å²) in [5.41, 5.74) is 4.27. The van der Waals surface area contributed by atoms with Crippen LogP contribution in [0.25, 0.3) is 0 Å². The predicted molar refractivity (Wildman–Crippen MR) is 143 cm³/mol. The minimum atomic E-state index is -3.41. The minimum absolute atomic E-state index is 0. The first-order chi connectivity index (χ1) is 14.5. The maximum Gasteiger partial charge on any atom is 0.193 e. The molecule has 0 amide bonds. The summed E-state index contributed by atoms with van der Waals surface area (Å²) in [5.74, 6) is 1.01. The van der Waals surface area contributed by atoms with Gasteiger partial charge in [0.05, 0.1) is 16.3 Å². The molecular formula is C23H38IN5O2S. The molecule has 0 radical (unpaired) electrons. The molecule has 0 saturated carbocycles. The highest BCUT2D eigenvalue weighted by molar-refractivity contribution is 14.0. The van der Waals surface area contributed by atoms with Crippen molar-refractivity contribution in [2.75, 3.05) is 19.8 Å². The number of guanidine groups is 1. The van der Waals surface area contributed by atoms with Crippen molar-refractivity contribution in [1.29, 1.82) is 0 Å². The molecule has 0 aliphatic rings. The third-order valence-electron chi connectivity index (χ3n) is 5.55. The third kappa shape index (κ3) is 7.19. The van der Waals surface area contributed by atoms with Gasteiger partial charge in [0, 0.05) is 45.5 Å². The van der Waals surface area contributed by atoms with E-state index >= 15 is 0 Å². The highest BCUT2D eigenvalue weighted by atomic mass is 127. The highest BCUT2D eigenvalue weighted by Gasteiger charge is 2.23. The Kier molecular flexibility index (Phi) is 10.7. The molecule has 0 spiro atoms. The van der Waals surface area contributed by atoms with E-state index in [1.165, 1.54) is 0 Å². The number of aryl methyl sites for hydroxylation is 3. The lowest BCUT2D eigenvalue weighted by Gasteiger charge is -2.26. The Hall–Kier alpha value is -1.62. The van der Waals surface area contributed by atoms with Gasteiger partial charge in [-0.1, -0.05) is 26.8 Å². The van der Waals surface area contributed by atoms with E-state index in [0.29, 0.717) is 29.7 Å². The molecule has 0 bridgehead atoms. The van der Waals surface area contributed by atoms with Gasteiger partial charge in [-0.15, -0.1) is 24.0 Å². The molecule has 180 valence electrons. The molecule has 1 N–H and O–H groups in total. The second-order valence-electron chi connectivity index (χ2n) is 8.55. The molecule has 1 atom stereocenters. The van der Waals surface area contributed by atoms with Gasteiger partial charge in [-0.2, -0.15) is 5.10 Å². The fourth-order valence-corrected chi connectivity index (χ4v) is 5.22. The van der Waals surface area contributed by atoms with Crippen LogP contribution in [0.2, 0.25) is 0 Å².